The van der Waals surface area contributed by atoms with Crippen LogP contribution >= 0.6 is 22.6 Å². The molecule has 0 aliphatic heterocycles. The van der Waals surface area contributed by atoms with E-state index in [0.29, 0.717) is 0 Å². The van der Waals surface area contributed by atoms with E-state index < -0.39 is 32.3 Å². The normalized spacial score (nSPS) is 11.6. The standard InChI is InChI=1S/C8H8INO7S2.2Na/c9-4-8(11)10-6-3-5(19(14,15)16)1-2-7(6)17-18(12)13;;/h1-3H,4H2,(H,10,11)(H,12,13)(H,14,15,16);;/q;2*+1/p-2. The molecule has 0 radical (unpaired) electrons. The van der Waals surface area contributed by atoms with Crippen molar-refractivity contribution in [3.8, 4) is 5.75 Å². The van der Waals surface area contributed by atoms with Crippen LogP contribution in [0.5, 0.6) is 5.75 Å². The Morgan fingerprint density at radius 1 is 1.38 bits per heavy atom. The maximum Gasteiger partial charge on any atom is 1.00 e. The Morgan fingerprint density at radius 3 is 2.38 bits per heavy atom. The topological polar surface area (TPSA) is 136 Å². The number of halogens is 1. The molecular weight excluding hydrogens is 459 g/mol. The number of anilines is 1. The van der Waals surface area contributed by atoms with Crippen LogP contribution in [0, 0.1) is 0 Å². The summed E-state index contributed by atoms with van der Waals surface area (Å²) in [4.78, 5) is 10.6. The average molecular weight is 465 g/mol. The summed E-state index contributed by atoms with van der Waals surface area (Å²) in [6, 6.07) is 2.67. The van der Waals surface area contributed by atoms with Gasteiger partial charge in [-0.3, -0.25) is 4.79 Å². The molecule has 0 bridgehead atoms. The fourth-order valence-corrected chi connectivity index (χ4v) is 2.07. The van der Waals surface area contributed by atoms with E-state index in [-0.39, 0.29) is 75.0 Å². The number of benzene rings is 1. The minimum Gasteiger partial charge on any atom is -0.744 e. The van der Waals surface area contributed by atoms with E-state index in [1.807, 2.05) is 0 Å². The summed E-state index contributed by atoms with van der Waals surface area (Å²) in [7, 11) is -4.73. The van der Waals surface area contributed by atoms with Gasteiger partial charge in [-0.25, -0.2) is 12.6 Å². The molecule has 0 heterocycles. The fourth-order valence-electron chi connectivity index (χ4n) is 1.09. The van der Waals surface area contributed by atoms with Crippen molar-refractivity contribution in [2.75, 3.05) is 9.74 Å². The summed E-state index contributed by atoms with van der Waals surface area (Å²) in [6.45, 7) is 0. The van der Waals surface area contributed by atoms with Gasteiger partial charge in [0, 0.05) is 0 Å². The van der Waals surface area contributed by atoms with Crippen molar-refractivity contribution in [3.63, 3.8) is 0 Å². The molecule has 0 saturated heterocycles. The minimum atomic E-state index is -4.73. The molecule has 13 heteroatoms. The largest absolute Gasteiger partial charge is 1.00 e. The number of hydrogen-bond donors (Lipinski definition) is 1. The molecule has 0 saturated carbocycles. The SMILES string of the molecule is O=C(CI)Nc1cc(S(=O)(=O)[O-])ccc1OS(=O)[O-].[Na+].[Na+]. The van der Waals surface area contributed by atoms with Gasteiger partial charge in [-0.1, -0.05) is 22.6 Å². The maximum atomic E-state index is 11.2. The second-order valence-electron chi connectivity index (χ2n) is 3.08. The summed E-state index contributed by atoms with van der Waals surface area (Å²) in [6.07, 6.45) is 0. The molecule has 1 amide bonds. The van der Waals surface area contributed by atoms with E-state index in [0.717, 1.165) is 18.2 Å². The van der Waals surface area contributed by atoms with Crippen LogP contribution in [-0.4, -0.2) is 32.1 Å². The van der Waals surface area contributed by atoms with Crippen LogP contribution in [0.2, 0.25) is 0 Å². The first kappa shape index (κ1) is 24.5. The number of hydrogen-bond acceptors (Lipinski definition) is 7. The first-order valence-corrected chi connectivity index (χ1v) is 8.41. The smallest absolute Gasteiger partial charge is 0.744 e. The number of nitrogens with one attached hydrogen (secondary N) is 1. The predicted octanol–water partition coefficient (Wildman–Crippen LogP) is -5.85. The van der Waals surface area contributed by atoms with Crippen LogP contribution in [0.3, 0.4) is 0 Å². The number of alkyl halides is 1. The van der Waals surface area contributed by atoms with Gasteiger partial charge in [0.15, 0.2) is 5.75 Å². The molecule has 1 atom stereocenters. The van der Waals surface area contributed by atoms with E-state index in [2.05, 4.69) is 9.50 Å². The third kappa shape index (κ3) is 8.60. The summed E-state index contributed by atoms with van der Waals surface area (Å²) in [5.74, 6) is -0.804. The monoisotopic (exact) mass is 465 g/mol. The third-order valence-electron chi connectivity index (χ3n) is 1.79. The van der Waals surface area contributed by atoms with E-state index >= 15 is 0 Å². The van der Waals surface area contributed by atoms with Gasteiger partial charge in [0.2, 0.25) is 5.91 Å². The Balaban J connectivity index is 0. The Labute approximate surface area is 181 Å². The van der Waals surface area contributed by atoms with Crippen molar-refractivity contribution in [1.82, 2.24) is 0 Å². The molecule has 106 valence electrons. The van der Waals surface area contributed by atoms with Gasteiger partial charge in [0.1, 0.15) is 21.5 Å². The summed E-state index contributed by atoms with van der Waals surface area (Å²) in [5, 5.41) is 2.23. The maximum absolute atomic E-state index is 11.2. The Kier molecular flexibility index (Phi) is 12.7. The number of carbonyl (C=O) groups excluding carboxylic acids is 1. The van der Waals surface area contributed by atoms with Gasteiger partial charge in [-0.05, 0) is 18.2 Å². The molecule has 21 heavy (non-hydrogen) atoms. The van der Waals surface area contributed by atoms with Gasteiger partial charge >= 0.3 is 59.1 Å². The second-order valence-corrected chi connectivity index (χ2v) is 5.80. The molecular formula is C8H6INNa2O7S2. The Bertz CT molecular complexity index is 625. The number of carbonyl (C=O) groups is 1. The molecule has 0 spiro atoms. The van der Waals surface area contributed by atoms with Crippen LogP contribution in [0.1, 0.15) is 0 Å². The molecule has 0 aliphatic rings. The van der Waals surface area contributed by atoms with Gasteiger partial charge in [-0.2, -0.15) is 0 Å². The molecule has 1 unspecified atom stereocenters. The minimum absolute atomic E-state index is 0. The Morgan fingerprint density at radius 2 is 1.95 bits per heavy atom. The quantitative estimate of drug-likeness (QED) is 0.151. The predicted molar refractivity (Wildman–Crippen MR) is 71.5 cm³/mol. The average Bonchev–Trinajstić information content (AvgIpc) is 2.29. The molecule has 8 nitrogen and oxygen atoms in total. The molecule has 0 fully saturated rings. The summed E-state index contributed by atoms with van der Waals surface area (Å²) < 4.78 is 57.8. The van der Waals surface area contributed by atoms with Crippen molar-refractivity contribution in [3.05, 3.63) is 18.2 Å². The van der Waals surface area contributed by atoms with E-state index in [4.69, 9.17) is 0 Å². The van der Waals surface area contributed by atoms with E-state index in [1.54, 1.807) is 22.6 Å². The molecule has 0 aliphatic carbocycles. The second kappa shape index (κ2) is 10.9. The first-order valence-electron chi connectivity index (χ1n) is 4.47. The zero-order valence-electron chi connectivity index (χ0n) is 11.0. The first-order chi connectivity index (χ1) is 8.74. The zero-order valence-corrected chi connectivity index (χ0v) is 18.8. The van der Waals surface area contributed by atoms with Crippen molar-refractivity contribution in [2.24, 2.45) is 0 Å². The van der Waals surface area contributed by atoms with Crippen molar-refractivity contribution in [1.29, 1.82) is 0 Å². The molecule has 1 N–H and O–H groups in total. The number of amides is 1. The van der Waals surface area contributed by atoms with Gasteiger partial charge in [0.25, 0.3) is 0 Å². The molecule has 0 aromatic heterocycles. The molecule has 1 aromatic carbocycles. The molecule has 1 aromatic rings. The number of rotatable bonds is 5. The van der Waals surface area contributed by atoms with Crippen molar-refractivity contribution < 1.29 is 89.8 Å². The van der Waals surface area contributed by atoms with Crippen LogP contribution in [0.15, 0.2) is 23.1 Å². The van der Waals surface area contributed by atoms with Gasteiger partial charge in [-0.15, -0.1) is 0 Å². The van der Waals surface area contributed by atoms with Crippen LogP contribution in [0.25, 0.3) is 0 Å². The van der Waals surface area contributed by atoms with Crippen molar-refractivity contribution in [2.45, 2.75) is 4.90 Å². The van der Waals surface area contributed by atoms with Crippen molar-refractivity contribution >= 4 is 55.7 Å². The third-order valence-corrected chi connectivity index (χ3v) is 3.63. The molecule has 1 rings (SSSR count). The fraction of sp³-hybridized carbons (Fsp3) is 0.125. The summed E-state index contributed by atoms with van der Waals surface area (Å²) in [5.41, 5.74) is -0.220. The zero-order chi connectivity index (χ0) is 14.6. The van der Waals surface area contributed by atoms with Crippen LogP contribution in [-0.2, 0) is 26.3 Å². The van der Waals surface area contributed by atoms with Gasteiger partial charge in [0.05, 0.1) is 15.0 Å². The van der Waals surface area contributed by atoms with Gasteiger partial charge < -0.3 is 18.6 Å². The van der Waals surface area contributed by atoms with E-state index in [9.17, 15) is 26.5 Å². The summed E-state index contributed by atoms with van der Waals surface area (Å²) >= 11 is -1.15. The Hall–Kier alpha value is 1.24. The van der Waals surface area contributed by atoms with E-state index in [1.165, 1.54) is 0 Å². The van der Waals surface area contributed by atoms with Crippen LogP contribution < -0.4 is 68.6 Å². The van der Waals surface area contributed by atoms with Crippen LogP contribution in [0.4, 0.5) is 5.69 Å².